The van der Waals surface area contributed by atoms with E-state index in [-0.39, 0.29) is 25.2 Å². The highest BCUT2D eigenvalue weighted by molar-refractivity contribution is 5.70. The van der Waals surface area contributed by atoms with Gasteiger partial charge in [0, 0.05) is 12.8 Å². The Morgan fingerprint density at radius 2 is 0.623 bits per heavy atom. The number of aliphatic hydroxyl groups excluding tert-OH is 1. The zero-order valence-corrected chi connectivity index (χ0v) is 45.0. The van der Waals surface area contributed by atoms with E-state index in [1.165, 1.54) is 141 Å². The summed E-state index contributed by atoms with van der Waals surface area (Å²) < 4.78 is 10.7. The molecule has 0 bridgehead atoms. The maximum absolute atomic E-state index is 12.3. The van der Waals surface area contributed by atoms with Gasteiger partial charge in [0.05, 0.1) is 6.61 Å². The molecule has 5 nitrogen and oxygen atoms in total. The second-order valence-electron chi connectivity index (χ2n) is 19.0. The molecule has 0 amide bonds. The van der Waals surface area contributed by atoms with Gasteiger partial charge >= 0.3 is 11.9 Å². The summed E-state index contributed by atoms with van der Waals surface area (Å²) in [5.74, 6) is -0.589. The van der Waals surface area contributed by atoms with Crippen LogP contribution in [0.5, 0.6) is 0 Å². The molecule has 0 fully saturated rings. The first-order chi connectivity index (χ1) is 34.1. The van der Waals surface area contributed by atoms with Crippen LogP contribution in [0.25, 0.3) is 0 Å². The molecule has 5 heteroatoms. The summed E-state index contributed by atoms with van der Waals surface area (Å²) in [6.07, 6.45) is 84.9. The van der Waals surface area contributed by atoms with Crippen LogP contribution in [0.4, 0.5) is 0 Å². The Bertz CT molecular complexity index is 1360. The van der Waals surface area contributed by atoms with Gasteiger partial charge in [0.1, 0.15) is 6.61 Å². The normalized spacial score (nSPS) is 13.0. The van der Waals surface area contributed by atoms with Gasteiger partial charge in [0.2, 0.25) is 0 Å². The standard InChI is InChI=1S/C64H108O5/c1-3-5-7-9-11-13-15-17-19-21-22-23-24-25-26-27-28-29-30-31-32-33-34-35-36-37-38-39-40-41-42-43-45-47-49-51-53-55-57-59-64(67)69-62(60-65)61-68-63(66)58-56-54-52-50-48-46-44-20-18-16-14-12-10-8-6-4-2/h5,7,11,13,17,19,22-23,25-26,28-29,31-32,34-35,37-38,62,65H,3-4,6,8-10,12,14-16,18,20-21,24,27,30,33,36,39-61H2,1-2H3/b7-5-,13-11-,19-17-,23-22-,26-25-,29-28-,32-31-,35-34-,38-37-. The molecule has 0 rings (SSSR count). The second kappa shape index (κ2) is 58.9. The van der Waals surface area contributed by atoms with Gasteiger partial charge in [-0.1, -0.05) is 277 Å². The predicted octanol–water partition coefficient (Wildman–Crippen LogP) is 19.7. The van der Waals surface area contributed by atoms with Crippen molar-refractivity contribution in [2.45, 2.75) is 270 Å². The predicted molar refractivity (Wildman–Crippen MR) is 302 cm³/mol. The molecule has 394 valence electrons. The van der Waals surface area contributed by atoms with Crippen LogP contribution in [0.15, 0.2) is 109 Å². The number of rotatable bonds is 52. The molecule has 1 N–H and O–H groups in total. The highest BCUT2D eigenvalue weighted by Gasteiger charge is 2.16. The third kappa shape index (κ3) is 57.0. The Balaban J connectivity index is 3.55. The molecule has 0 saturated carbocycles. The second-order valence-corrected chi connectivity index (χ2v) is 19.0. The van der Waals surface area contributed by atoms with Crippen molar-refractivity contribution in [3.05, 3.63) is 109 Å². The fourth-order valence-corrected chi connectivity index (χ4v) is 8.02. The van der Waals surface area contributed by atoms with Crippen LogP contribution >= 0.6 is 0 Å². The number of unbranched alkanes of at least 4 members (excludes halogenated alkanes) is 26. The Morgan fingerprint density at radius 3 is 0.942 bits per heavy atom. The molecule has 1 unspecified atom stereocenters. The number of carbonyl (C=O) groups excluding carboxylic acids is 2. The van der Waals surface area contributed by atoms with E-state index in [1.54, 1.807) is 0 Å². The van der Waals surface area contributed by atoms with Gasteiger partial charge in [0.25, 0.3) is 0 Å². The van der Waals surface area contributed by atoms with Gasteiger partial charge in [-0.05, 0) is 83.5 Å². The van der Waals surface area contributed by atoms with Gasteiger partial charge in [-0.15, -0.1) is 0 Å². The zero-order valence-electron chi connectivity index (χ0n) is 45.0. The third-order valence-electron chi connectivity index (χ3n) is 12.3. The van der Waals surface area contributed by atoms with E-state index in [0.717, 1.165) is 96.3 Å². The summed E-state index contributed by atoms with van der Waals surface area (Å²) >= 11 is 0. The van der Waals surface area contributed by atoms with Gasteiger partial charge in [0.15, 0.2) is 6.10 Å². The number of hydrogen-bond donors (Lipinski definition) is 1. The van der Waals surface area contributed by atoms with E-state index in [9.17, 15) is 14.7 Å². The molecule has 0 aromatic rings. The third-order valence-corrected chi connectivity index (χ3v) is 12.3. The molecule has 0 heterocycles. The summed E-state index contributed by atoms with van der Waals surface area (Å²) in [6.45, 7) is 4.04. The first-order valence-corrected chi connectivity index (χ1v) is 28.9. The molecule has 1 atom stereocenters. The summed E-state index contributed by atoms with van der Waals surface area (Å²) in [5, 5.41) is 9.64. The smallest absolute Gasteiger partial charge is 0.306 e. The van der Waals surface area contributed by atoms with E-state index in [2.05, 4.69) is 123 Å². The monoisotopic (exact) mass is 957 g/mol. The van der Waals surface area contributed by atoms with Crippen LogP contribution in [0, 0.1) is 0 Å². The zero-order chi connectivity index (χ0) is 49.9. The fourth-order valence-electron chi connectivity index (χ4n) is 8.02. The van der Waals surface area contributed by atoms with E-state index < -0.39 is 6.10 Å². The molecule has 0 radical (unpaired) electrons. The maximum atomic E-state index is 12.3. The Morgan fingerprint density at radius 1 is 0.348 bits per heavy atom. The topological polar surface area (TPSA) is 72.8 Å². The van der Waals surface area contributed by atoms with Gasteiger partial charge in [-0.3, -0.25) is 9.59 Å². The van der Waals surface area contributed by atoms with E-state index >= 15 is 0 Å². The highest BCUT2D eigenvalue weighted by Crippen LogP contribution is 2.16. The van der Waals surface area contributed by atoms with Crippen molar-refractivity contribution in [1.29, 1.82) is 0 Å². The van der Waals surface area contributed by atoms with Crippen molar-refractivity contribution in [2.24, 2.45) is 0 Å². The van der Waals surface area contributed by atoms with Crippen molar-refractivity contribution < 1.29 is 24.2 Å². The van der Waals surface area contributed by atoms with Crippen LogP contribution in [0.3, 0.4) is 0 Å². The molecular weight excluding hydrogens is 849 g/mol. The Hall–Kier alpha value is -3.44. The Labute approximate surface area is 427 Å². The molecule has 0 spiro atoms. The minimum Gasteiger partial charge on any atom is -0.462 e. The van der Waals surface area contributed by atoms with Crippen LogP contribution < -0.4 is 0 Å². The number of allylic oxidation sites excluding steroid dienone is 18. The van der Waals surface area contributed by atoms with Gasteiger partial charge < -0.3 is 14.6 Å². The first-order valence-electron chi connectivity index (χ1n) is 28.9. The average Bonchev–Trinajstić information content (AvgIpc) is 3.35. The van der Waals surface area contributed by atoms with Gasteiger partial charge in [-0.25, -0.2) is 0 Å². The number of hydrogen-bond acceptors (Lipinski definition) is 5. The highest BCUT2D eigenvalue weighted by atomic mass is 16.6. The van der Waals surface area contributed by atoms with Crippen molar-refractivity contribution in [3.63, 3.8) is 0 Å². The molecule has 0 aliphatic carbocycles. The van der Waals surface area contributed by atoms with Crippen molar-refractivity contribution >= 4 is 11.9 Å². The minimum atomic E-state index is -0.777. The lowest BCUT2D eigenvalue weighted by Gasteiger charge is -2.15. The molecule has 0 aliphatic rings. The fraction of sp³-hybridized carbons (Fsp3) is 0.688. The van der Waals surface area contributed by atoms with E-state index in [1.807, 2.05) is 0 Å². The lowest BCUT2D eigenvalue weighted by Crippen LogP contribution is -2.28. The van der Waals surface area contributed by atoms with E-state index in [0.29, 0.717) is 12.8 Å². The van der Waals surface area contributed by atoms with Crippen LogP contribution in [0.1, 0.15) is 264 Å². The maximum Gasteiger partial charge on any atom is 0.306 e. The molecule has 69 heavy (non-hydrogen) atoms. The van der Waals surface area contributed by atoms with Crippen LogP contribution in [0.2, 0.25) is 0 Å². The summed E-state index contributed by atoms with van der Waals surface area (Å²) in [5.41, 5.74) is 0. The lowest BCUT2D eigenvalue weighted by molar-refractivity contribution is -0.161. The number of esters is 2. The molecule has 0 saturated heterocycles. The molecule has 0 aliphatic heterocycles. The summed E-state index contributed by atoms with van der Waals surface area (Å²) in [4.78, 5) is 24.5. The number of carbonyl (C=O) groups is 2. The SMILES string of the molecule is CC/C=C\C/C=C\C/C=C\C/C=C\C/C=C\C/C=C\C/C=C\C/C=C\C/C=C\CCCCCCCCCCCCCC(=O)OC(CO)COC(=O)CCCCCCCCCCCCCCCCCC. The quantitative estimate of drug-likeness (QED) is 0.0374. The number of ether oxygens (including phenoxy) is 2. The summed E-state index contributed by atoms with van der Waals surface area (Å²) in [6, 6.07) is 0. The minimum absolute atomic E-state index is 0.0679. The van der Waals surface area contributed by atoms with E-state index in [4.69, 9.17) is 9.47 Å². The molecule has 0 aromatic carbocycles. The van der Waals surface area contributed by atoms with Crippen LogP contribution in [-0.2, 0) is 19.1 Å². The van der Waals surface area contributed by atoms with Gasteiger partial charge in [-0.2, -0.15) is 0 Å². The van der Waals surface area contributed by atoms with Crippen molar-refractivity contribution in [1.82, 2.24) is 0 Å². The summed E-state index contributed by atoms with van der Waals surface area (Å²) in [7, 11) is 0. The lowest BCUT2D eigenvalue weighted by atomic mass is 10.0. The first kappa shape index (κ1) is 65.6. The van der Waals surface area contributed by atoms with Crippen molar-refractivity contribution in [2.75, 3.05) is 13.2 Å². The average molecular weight is 958 g/mol. The Kier molecular flexibility index (Phi) is 55.9. The molecular formula is C64H108O5. The largest absolute Gasteiger partial charge is 0.462 e. The van der Waals surface area contributed by atoms with Crippen LogP contribution in [-0.4, -0.2) is 36.4 Å². The molecule has 0 aromatic heterocycles. The number of aliphatic hydroxyl groups is 1. The van der Waals surface area contributed by atoms with Crippen molar-refractivity contribution in [3.8, 4) is 0 Å².